The predicted octanol–water partition coefficient (Wildman–Crippen LogP) is 3.69. The summed E-state index contributed by atoms with van der Waals surface area (Å²) in [7, 11) is 0. The molecule has 19 heavy (non-hydrogen) atoms. The number of aryl methyl sites for hydroxylation is 1. The molecule has 0 aliphatic heterocycles. The van der Waals surface area contributed by atoms with E-state index in [1.807, 2.05) is 13.0 Å². The van der Waals surface area contributed by atoms with Gasteiger partial charge in [0, 0.05) is 5.56 Å². The van der Waals surface area contributed by atoms with Crippen molar-refractivity contribution in [1.29, 1.82) is 0 Å². The summed E-state index contributed by atoms with van der Waals surface area (Å²) in [5, 5.41) is 3.20. The maximum Gasteiger partial charge on any atom is 0.228 e. The van der Waals surface area contributed by atoms with Gasteiger partial charge in [0.15, 0.2) is 0 Å². The molecule has 0 saturated heterocycles. The van der Waals surface area contributed by atoms with Crippen LogP contribution in [-0.4, -0.2) is 15.0 Å². The van der Waals surface area contributed by atoms with Crippen molar-refractivity contribution >= 4 is 46.4 Å². The Hall–Kier alpha value is -1.11. The van der Waals surface area contributed by atoms with E-state index >= 15 is 0 Å². The highest BCUT2D eigenvalue weighted by Crippen LogP contribution is 2.37. The van der Waals surface area contributed by atoms with Gasteiger partial charge in [-0.15, -0.1) is 11.3 Å². The average Bonchev–Trinajstić information content (AvgIpc) is 2.64. The third kappa shape index (κ3) is 3.46. The Kier molecular flexibility index (Phi) is 4.44. The van der Waals surface area contributed by atoms with Gasteiger partial charge in [0.05, 0.1) is 14.7 Å². The van der Waals surface area contributed by atoms with Gasteiger partial charge in [0.2, 0.25) is 11.9 Å². The maximum absolute atomic E-state index is 6.16. The van der Waals surface area contributed by atoms with E-state index in [0.29, 0.717) is 20.4 Å². The molecule has 1 unspecified atom stereocenters. The molecule has 3 N–H and O–H groups in total. The first-order valence-electron chi connectivity index (χ1n) is 5.69. The Morgan fingerprint density at radius 3 is 2.63 bits per heavy atom. The number of anilines is 2. The minimum absolute atomic E-state index is 0.0163. The summed E-state index contributed by atoms with van der Waals surface area (Å²) in [4.78, 5) is 12.2. The third-order valence-corrected chi connectivity index (χ3v) is 4.05. The molecule has 2 heterocycles. The van der Waals surface area contributed by atoms with Gasteiger partial charge in [-0.3, -0.25) is 0 Å². The SMILES string of the molecule is CCC(Nc1nc(C)nc(N)n1)c1cc(Cl)sc1Cl. The lowest BCUT2D eigenvalue weighted by atomic mass is 10.1. The van der Waals surface area contributed by atoms with Crippen LogP contribution in [0.15, 0.2) is 6.07 Å². The Morgan fingerprint density at radius 1 is 1.37 bits per heavy atom. The summed E-state index contributed by atoms with van der Waals surface area (Å²) in [6.45, 7) is 3.80. The van der Waals surface area contributed by atoms with Crippen molar-refractivity contribution in [2.24, 2.45) is 0 Å². The second-order valence-corrected chi connectivity index (χ2v) is 6.23. The molecule has 2 aromatic rings. The van der Waals surface area contributed by atoms with Crippen LogP contribution in [0.5, 0.6) is 0 Å². The second kappa shape index (κ2) is 5.90. The molecule has 5 nitrogen and oxygen atoms in total. The summed E-state index contributed by atoms with van der Waals surface area (Å²) < 4.78 is 1.33. The number of hydrogen-bond donors (Lipinski definition) is 2. The molecule has 0 radical (unpaired) electrons. The zero-order chi connectivity index (χ0) is 14.0. The summed E-state index contributed by atoms with van der Waals surface area (Å²) in [5.41, 5.74) is 6.54. The Morgan fingerprint density at radius 2 is 2.11 bits per heavy atom. The lowest BCUT2D eigenvalue weighted by molar-refractivity contribution is 0.738. The van der Waals surface area contributed by atoms with Crippen LogP contribution in [-0.2, 0) is 0 Å². The van der Waals surface area contributed by atoms with Gasteiger partial charge in [-0.05, 0) is 19.4 Å². The molecule has 0 amide bonds. The summed E-state index contributed by atoms with van der Waals surface area (Å²) in [6, 6.07) is 1.84. The molecule has 0 bridgehead atoms. The van der Waals surface area contributed by atoms with E-state index in [2.05, 4.69) is 20.3 Å². The van der Waals surface area contributed by atoms with Crippen molar-refractivity contribution < 1.29 is 0 Å². The Labute approximate surface area is 125 Å². The highest BCUT2D eigenvalue weighted by molar-refractivity contribution is 7.20. The zero-order valence-corrected chi connectivity index (χ0v) is 12.8. The number of halogens is 2. The molecule has 0 aliphatic carbocycles. The molecule has 0 saturated carbocycles. The Balaban J connectivity index is 2.26. The Bertz CT molecular complexity index is 566. The number of rotatable bonds is 4. The fourth-order valence-corrected chi connectivity index (χ4v) is 3.29. The lowest BCUT2D eigenvalue weighted by Gasteiger charge is -2.16. The standard InChI is InChI=1S/C11H13Cl2N5S/c1-3-7(6-4-8(12)19-9(6)13)17-11-16-5(2)15-10(14)18-11/h4,7H,3H2,1-2H3,(H3,14,15,16,17,18). The maximum atomic E-state index is 6.16. The first-order chi connectivity index (χ1) is 8.99. The van der Waals surface area contributed by atoms with Gasteiger partial charge >= 0.3 is 0 Å². The molecule has 0 spiro atoms. The van der Waals surface area contributed by atoms with Gasteiger partial charge in [-0.1, -0.05) is 30.1 Å². The highest BCUT2D eigenvalue weighted by atomic mass is 35.5. The molecular formula is C11H13Cl2N5S. The second-order valence-electron chi connectivity index (χ2n) is 3.95. The predicted molar refractivity (Wildman–Crippen MR) is 80.0 cm³/mol. The monoisotopic (exact) mass is 317 g/mol. The fourth-order valence-electron chi connectivity index (χ4n) is 1.71. The van der Waals surface area contributed by atoms with Crippen molar-refractivity contribution in [2.45, 2.75) is 26.3 Å². The molecular weight excluding hydrogens is 305 g/mol. The number of thiophene rings is 1. The third-order valence-electron chi connectivity index (χ3n) is 2.53. The van der Waals surface area contributed by atoms with E-state index < -0.39 is 0 Å². The van der Waals surface area contributed by atoms with E-state index in [-0.39, 0.29) is 12.0 Å². The van der Waals surface area contributed by atoms with E-state index in [1.54, 1.807) is 6.92 Å². The molecule has 0 aromatic carbocycles. The van der Waals surface area contributed by atoms with E-state index in [1.165, 1.54) is 11.3 Å². The lowest BCUT2D eigenvalue weighted by Crippen LogP contribution is -2.13. The van der Waals surface area contributed by atoms with Crippen LogP contribution in [0.25, 0.3) is 0 Å². The topological polar surface area (TPSA) is 76.7 Å². The molecule has 2 aromatic heterocycles. The molecule has 8 heteroatoms. The van der Waals surface area contributed by atoms with Crippen LogP contribution in [0.2, 0.25) is 8.67 Å². The van der Waals surface area contributed by atoms with Crippen LogP contribution in [0.4, 0.5) is 11.9 Å². The van der Waals surface area contributed by atoms with Gasteiger partial charge < -0.3 is 11.1 Å². The van der Waals surface area contributed by atoms with Crippen LogP contribution < -0.4 is 11.1 Å². The average molecular weight is 318 g/mol. The quantitative estimate of drug-likeness (QED) is 0.899. The van der Waals surface area contributed by atoms with Gasteiger partial charge in [-0.25, -0.2) is 0 Å². The molecule has 2 rings (SSSR count). The number of nitrogens with one attached hydrogen (secondary N) is 1. The highest BCUT2D eigenvalue weighted by Gasteiger charge is 2.17. The number of hydrogen-bond acceptors (Lipinski definition) is 6. The number of nitrogen functional groups attached to an aromatic ring is 1. The van der Waals surface area contributed by atoms with E-state index in [4.69, 9.17) is 28.9 Å². The van der Waals surface area contributed by atoms with Gasteiger partial charge in [-0.2, -0.15) is 15.0 Å². The van der Waals surface area contributed by atoms with Crippen molar-refractivity contribution in [2.75, 3.05) is 11.1 Å². The molecule has 0 aliphatic rings. The molecule has 0 fully saturated rings. The smallest absolute Gasteiger partial charge is 0.228 e. The van der Waals surface area contributed by atoms with Crippen molar-refractivity contribution in [1.82, 2.24) is 15.0 Å². The van der Waals surface area contributed by atoms with Crippen LogP contribution in [0.3, 0.4) is 0 Å². The normalized spacial score (nSPS) is 12.4. The summed E-state index contributed by atoms with van der Waals surface area (Å²) >= 11 is 13.5. The number of nitrogens with zero attached hydrogens (tertiary/aromatic N) is 3. The van der Waals surface area contributed by atoms with Crippen molar-refractivity contribution in [3.05, 3.63) is 26.1 Å². The van der Waals surface area contributed by atoms with Crippen LogP contribution in [0.1, 0.15) is 30.8 Å². The fraction of sp³-hybridized carbons (Fsp3) is 0.364. The van der Waals surface area contributed by atoms with E-state index in [9.17, 15) is 0 Å². The number of aromatic nitrogens is 3. The summed E-state index contributed by atoms with van der Waals surface area (Å²) in [5.74, 6) is 1.20. The minimum atomic E-state index is -0.0163. The molecule has 1 atom stereocenters. The van der Waals surface area contributed by atoms with Crippen molar-refractivity contribution in [3.63, 3.8) is 0 Å². The van der Waals surface area contributed by atoms with Gasteiger partial charge in [0.25, 0.3) is 0 Å². The zero-order valence-electron chi connectivity index (χ0n) is 10.4. The number of nitrogens with two attached hydrogens (primary N) is 1. The largest absolute Gasteiger partial charge is 0.368 e. The van der Waals surface area contributed by atoms with E-state index in [0.717, 1.165) is 12.0 Å². The minimum Gasteiger partial charge on any atom is -0.368 e. The van der Waals surface area contributed by atoms with Gasteiger partial charge in [0.1, 0.15) is 5.82 Å². The van der Waals surface area contributed by atoms with Crippen LogP contribution >= 0.6 is 34.5 Å². The summed E-state index contributed by atoms with van der Waals surface area (Å²) in [6.07, 6.45) is 0.817. The van der Waals surface area contributed by atoms with Crippen molar-refractivity contribution in [3.8, 4) is 0 Å². The first kappa shape index (κ1) is 14.3. The molecule has 102 valence electrons. The first-order valence-corrected chi connectivity index (χ1v) is 7.26. The van der Waals surface area contributed by atoms with Crippen LogP contribution in [0, 0.1) is 6.92 Å².